The average Bonchev–Trinajstić information content (AvgIpc) is 3.05. The molecule has 1 aliphatic heterocycles. The molecule has 1 aliphatic rings. The van der Waals surface area contributed by atoms with Crippen LogP contribution in [0.15, 0.2) is 72.3 Å². The smallest absolute Gasteiger partial charge is 0.300 e. The monoisotopic (exact) mass is 455 g/mol. The summed E-state index contributed by atoms with van der Waals surface area (Å²) in [6, 6.07) is 13.6. The van der Waals surface area contributed by atoms with Crippen molar-refractivity contribution < 1.29 is 28.2 Å². The molecule has 1 heterocycles. The van der Waals surface area contributed by atoms with Crippen molar-refractivity contribution in [1.29, 1.82) is 0 Å². The summed E-state index contributed by atoms with van der Waals surface area (Å²) in [5.74, 6) is -3.05. The fourth-order valence-corrected chi connectivity index (χ4v) is 3.83. The number of ether oxygens (including phenoxy) is 1. The largest absolute Gasteiger partial charge is 0.507 e. The molecule has 3 aromatic rings. The number of nitrogens with zero attached hydrogens (tertiary/aromatic N) is 1. The number of anilines is 1. The highest BCUT2D eigenvalue weighted by molar-refractivity contribution is 6.52. The molecule has 0 radical (unpaired) electrons. The first-order valence-corrected chi connectivity index (χ1v) is 9.85. The van der Waals surface area contributed by atoms with E-state index >= 15 is 0 Å². The number of carbonyl (C=O) groups is 2. The summed E-state index contributed by atoms with van der Waals surface area (Å²) in [7, 11) is 1.43. The molecule has 5 nitrogen and oxygen atoms in total. The Balaban J connectivity index is 1.96. The number of Topliss-reactive ketones (excluding diaryl/α,β-unsaturated/α-hetero) is 1. The fraction of sp³-hybridized carbons (Fsp3) is 0.0833. The lowest BCUT2D eigenvalue weighted by Gasteiger charge is -2.25. The molecule has 1 saturated heterocycles. The van der Waals surface area contributed by atoms with E-state index in [2.05, 4.69) is 0 Å². The molecule has 162 valence electrons. The van der Waals surface area contributed by atoms with Crippen LogP contribution in [0.5, 0.6) is 5.75 Å². The van der Waals surface area contributed by atoms with Crippen molar-refractivity contribution in [3.8, 4) is 5.75 Å². The Hall–Kier alpha value is -3.71. The van der Waals surface area contributed by atoms with Crippen molar-refractivity contribution in [2.45, 2.75) is 6.04 Å². The zero-order chi connectivity index (χ0) is 23.0. The second kappa shape index (κ2) is 8.43. The van der Waals surface area contributed by atoms with Crippen molar-refractivity contribution in [2.24, 2.45) is 0 Å². The van der Waals surface area contributed by atoms with E-state index in [0.29, 0.717) is 11.3 Å². The molecule has 1 unspecified atom stereocenters. The summed E-state index contributed by atoms with van der Waals surface area (Å²) in [6.45, 7) is 0. The van der Waals surface area contributed by atoms with Crippen molar-refractivity contribution in [1.82, 2.24) is 0 Å². The number of carbonyl (C=O) groups excluding carboxylic acids is 2. The Bertz CT molecular complexity index is 1240. The van der Waals surface area contributed by atoms with E-state index in [4.69, 9.17) is 16.3 Å². The first-order chi connectivity index (χ1) is 15.3. The van der Waals surface area contributed by atoms with Crippen LogP contribution in [0.3, 0.4) is 0 Å². The van der Waals surface area contributed by atoms with Crippen molar-refractivity contribution in [2.75, 3.05) is 12.0 Å². The number of aliphatic hydroxyl groups is 1. The van der Waals surface area contributed by atoms with Gasteiger partial charge in [-0.3, -0.25) is 14.5 Å². The van der Waals surface area contributed by atoms with Gasteiger partial charge in [0, 0.05) is 11.3 Å². The highest BCUT2D eigenvalue weighted by atomic mass is 35.5. The minimum atomic E-state index is -1.09. The van der Waals surface area contributed by atoms with Crippen LogP contribution in [0.1, 0.15) is 17.2 Å². The van der Waals surface area contributed by atoms with Gasteiger partial charge in [0.1, 0.15) is 23.1 Å². The third-order valence-electron chi connectivity index (χ3n) is 5.16. The molecule has 0 aromatic heterocycles. The Kier molecular flexibility index (Phi) is 5.67. The van der Waals surface area contributed by atoms with E-state index in [1.54, 1.807) is 6.07 Å². The Morgan fingerprint density at radius 1 is 0.969 bits per heavy atom. The lowest BCUT2D eigenvalue weighted by molar-refractivity contribution is -0.132. The van der Waals surface area contributed by atoms with Crippen molar-refractivity contribution in [3.63, 3.8) is 0 Å². The zero-order valence-corrected chi connectivity index (χ0v) is 17.4. The van der Waals surface area contributed by atoms with Gasteiger partial charge in [-0.2, -0.15) is 0 Å². The second-order valence-corrected chi connectivity index (χ2v) is 7.45. The highest BCUT2D eigenvalue weighted by Gasteiger charge is 2.47. The lowest BCUT2D eigenvalue weighted by atomic mass is 9.95. The average molecular weight is 456 g/mol. The summed E-state index contributed by atoms with van der Waals surface area (Å²) in [6.07, 6.45) is 0. The first kappa shape index (κ1) is 21.5. The minimum Gasteiger partial charge on any atom is -0.507 e. The van der Waals surface area contributed by atoms with E-state index in [9.17, 15) is 23.5 Å². The van der Waals surface area contributed by atoms with Gasteiger partial charge in [-0.15, -0.1) is 0 Å². The number of hydrogen-bond acceptors (Lipinski definition) is 4. The van der Waals surface area contributed by atoms with Gasteiger partial charge in [0.05, 0.1) is 23.7 Å². The molecule has 0 bridgehead atoms. The van der Waals surface area contributed by atoms with Gasteiger partial charge in [0.25, 0.3) is 11.7 Å². The number of ketones is 1. The van der Waals surface area contributed by atoms with Gasteiger partial charge in [0.15, 0.2) is 0 Å². The van der Waals surface area contributed by atoms with Crippen LogP contribution >= 0.6 is 11.6 Å². The van der Waals surface area contributed by atoms with Crippen LogP contribution < -0.4 is 9.64 Å². The maximum absolute atomic E-state index is 13.6. The normalized spacial score (nSPS) is 17.6. The number of benzene rings is 3. The predicted octanol–water partition coefficient (Wildman–Crippen LogP) is 5.25. The number of hydrogen-bond donors (Lipinski definition) is 1. The van der Waals surface area contributed by atoms with E-state index < -0.39 is 35.1 Å². The van der Waals surface area contributed by atoms with Crippen molar-refractivity contribution in [3.05, 3.63) is 100 Å². The molecule has 1 fully saturated rings. The maximum Gasteiger partial charge on any atom is 0.300 e. The standard InChI is InChI=1S/C24H16ClF2NO4/c1-32-17-10-11-19(25)18(12-17)22(29)20-21(13-2-4-14(26)5-3-13)28(24(31)23(20)30)16-8-6-15(27)7-9-16/h2-12,21,29H,1H3/b22-20+. The van der Waals surface area contributed by atoms with Crippen LogP contribution in [0.2, 0.25) is 5.02 Å². The fourth-order valence-electron chi connectivity index (χ4n) is 3.62. The van der Waals surface area contributed by atoms with Crippen LogP contribution in [0, 0.1) is 11.6 Å². The molecule has 0 saturated carbocycles. The summed E-state index contributed by atoms with van der Waals surface area (Å²) >= 11 is 6.25. The number of methoxy groups -OCH3 is 1. The number of halogens is 3. The first-order valence-electron chi connectivity index (χ1n) is 9.47. The SMILES string of the molecule is COc1ccc(Cl)c(/C(O)=C2\C(=O)C(=O)N(c3ccc(F)cc3)C2c2ccc(F)cc2)c1. The highest BCUT2D eigenvalue weighted by Crippen LogP contribution is 2.43. The number of rotatable bonds is 4. The summed E-state index contributed by atoms with van der Waals surface area (Å²) in [4.78, 5) is 27.2. The van der Waals surface area contributed by atoms with Crippen LogP contribution in [-0.2, 0) is 9.59 Å². The third kappa shape index (κ3) is 3.71. The van der Waals surface area contributed by atoms with Gasteiger partial charge in [0.2, 0.25) is 0 Å². The minimum absolute atomic E-state index is 0.0928. The molecule has 0 aliphatic carbocycles. The molecule has 1 amide bonds. The summed E-state index contributed by atoms with van der Waals surface area (Å²) in [5.41, 5.74) is 0.463. The molecule has 32 heavy (non-hydrogen) atoms. The predicted molar refractivity (Wildman–Crippen MR) is 116 cm³/mol. The van der Waals surface area contributed by atoms with Gasteiger partial charge < -0.3 is 9.84 Å². The maximum atomic E-state index is 13.6. The topological polar surface area (TPSA) is 66.8 Å². The van der Waals surface area contributed by atoms with Gasteiger partial charge in [-0.25, -0.2) is 8.78 Å². The van der Waals surface area contributed by atoms with E-state index in [0.717, 1.165) is 17.0 Å². The molecule has 3 aromatic carbocycles. The van der Waals surface area contributed by atoms with Gasteiger partial charge >= 0.3 is 0 Å². The number of amides is 1. The van der Waals surface area contributed by atoms with Crippen LogP contribution in [0.25, 0.3) is 5.76 Å². The lowest BCUT2D eigenvalue weighted by Crippen LogP contribution is -2.29. The molecular formula is C24H16ClF2NO4. The Labute approximate surface area is 187 Å². The molecule has 8 heteroatoms. The second-order valence-electron chi connectivity index (χ2n) is 7.04. The quantitative estimate of drug-likeness (QED) is 0.331. The molecule has 1 atom stereocenters. The van der Waals surface area contributed by atoms with Crippen LogP contribution in [0.4, 0.5) is 14.5 Å². The van der Waals surface area contributed by atoms with E-state index in [1.807, 2.05) is 0 Å². The molecule has 0 spiro atoms. The molecular weight excluding hydrogens is 440 g/mol. The zero-order valence-electron chi connectivity index (χ0n) is 16.7. The van der Waals surface area contributed by atoms with E-state index in [1.165, 1.54) is 55.6 Å². The van der Waals surface area contributed by atoms with Gasteiger partial charge in [-0.05, 0) is 60.2 Å². The summed E-state index contributed by atoms with van der Waals surface area (Å²) < 4.78 is 32.2. The van der Waals surface area contributed by atoms with E-state index in [-0.39, 0.29) is 21.8 Å². The summed E-state index contributed by atoms with van der Waals surface area (Å²) in [5, 5.41) is 11.2. The number of aliphatic hydroxyl groups excluding tert-OH is 1. The molecule has 4 rings (SSSR count). The molecule has 1 N–H and O–H groups in total. The van der Waals surface area contributed by atoms with Gasteiger partial charge in [-0.1, -0.05) is 23.7 Å². The van der Waals surface area contributed by atoms with Crippen LogP contribution in [-0.4, -0.2) is 23.9 Å². The van der Waals surface area contributed by atoms with Crippen molar-refractivity contribution >= 4 is 34.7 Å². The third-order valence-corrected chi connectivity index (χ3v) is 5.49. The Morgan fingerprint density at radius 2 is 1.56 bits per heavy atom. The Morgan fingerprint density at radius 3 is 2.16 bits per heavy atom.